The molecule has 0 bridgehead atoms. The van der Waals surface area contributed by atoms with Crippen LogP contribution in [-0.2, 0) is 18.1 Å². The summed E-state index contributed by atoms with van der Waals surface area (Å²) in [4.78, 5) is 0. The third-order valence-corrected chi connectivity index (χ3v) is 8.83. The van der Waals surface area contributed by atoms with Crippen molar-refractivity contribution in [3.63, 3.8) is 0 Å². The smallest absolute Gasteiger partial charge is 0.276 e. The second-order valence-corrected chi connectivity index (χ2v) is 11.6. The molecule has 0 aromatic heterocycles. The lowest BCUT2D eigenvalue weighted by Crippen LogP contribution is -2.38. The molecule has 3 aliphatic carbocycles. The van der Waals surface area contributed by atoms with Gasteiger partial charge in [0, 0.05) is 0 Å². The third-order valence-electron chi connectivity index (χ3n) is 7.07. The highest BCUT2D eigenvalue weighted by atomic mass is 31.2. The van der Waals surface area contributed by atoms with Crippen LogP contribution in [0, 0.1) is 0 Å². The molecular formula is C30H45O4P. The summed E-state index contributed by atoms with van der Waals surface area (Å²) in [6, 6.07) is 0. The average molecular weight is 501 g/mol. The van der Waals surface area contributed by atoms with Gasteiger partial charge in [0.05, 0.1) is 0 Å². The second kappa shape index (κ2) is 13.2. The summed E-state index contributed by atoms with van der Waals surface area (Å²) in [5, 5.41) is 0. The van der Waals surface area contributed by atoms with Crippen LogP contribution in [0.5, 0.6) is 0 Å². The highest BCUT2D eigenvalue weighted by Gasteiger charge is 2.49. The molecule has 0 saturated heterocycles. The Bertz CT molecular complexity index is 784. The Balaban J connectivity index is 1.98. The van der Waals surface area contributed by atoms with Crippen LogP contribution in [0.4, 0.5) is 0 Å². The van der Waals surface area contributed by atoms with Crippen LogP contribution >= 0.6 is 7.82 Å². The molecule has 3 atom stereocenters. The van der Waals surface area contributed by atoms with E-state index < -0.39 is 24.6 Å². The van der Waals surface area contributed by atoms with Crippen LogP contribution in [0.15, 0.2) is 72.9 Å². The van der Waals surface area contributed by atoms with Gasteiger partial charge in [0.2, 0.25) is 0 Å². The molecule has 0 heterocycles. The Morgan fingerprint density at radius 2 is 0.886 bits per heavy atom. The summed E-state index contributed by atoms with van der Waals surface area (Å²) >= 11 is 0. The lowest BCUT2D eigenvalue weighted by molar-refractivity contribution is -0.0382. The summed E-state index contributed by atoms with van der Waals surface area (Å²) < 4.78 is 34.8. The van der Waals surface area contributed by atoms with Gasteiger partial charge < -0.3 is 0 Å². The van der Waals surface area contributed by atoms with Gasteiger partial charge in [-0.2, -0.15) is 0 Å². The van der Waals surface area contributed by atoms with E-state index in [0.29, 0.717) is 19.3 Å². The van der Waals surface area contributed by atoms with Crippen LogP contribution in [0.2, 0.25) is 0 Å². The van der Waals surface area contributed by atoms with E-state index in [9.17, 15) is 4.57 Å². The Morgan fingerprint density at radius 1 is 0.571 bits per heavy atom. The first-order chi connectivity index (χ1) is 16.9. The van der Waals surface area contributed by atoms with Crippen LogP contribution in [0.25, 0.3) is 0 Å². The van der Waals surface area contributed by atoms with Gasteiger partial charge in [-0.3, -0.25) is 13.6 Å². The van der Waals surface area contributed by atoms with Crippen molar-refractivity contribution in [1.29, 1.82) is 0 Å². The Kier molecular flexibility index (Phi) is 10.6. The molecule has 5 heteroatoms. The summed E-state index contributed by atoms with van der Waals surface area (Å²) in [5.41, 5.74) is -2.08. The van der Waals surface area contributed by atoms with Gasteiger partial charge in [-0.25, -0.2) is 4.57 Å². The number of hydrogen-bond acceptors (Lipinski definition) is 4. The van der Waals surface area contributed by atoms with E-state index in [0.717, 1.165) is 57.8 Å². The van der Waals surface area contributed by atoms with Crippen molar-refractivity contribution < 1.29 is 18.1 Å². The number of allylic oxidation sites excluding steroid dienone is 6. The van der Waals surface area contributed by atoms with Gasteiger partial charge in [-0.15, -0.1) is 0 Å². The molecule has 0 aromatic rings. The van der Waals surface area contributed by atoms with E-state index in [1.165, 1.54) is 0 Å². The fourth-order valence-corrected chi connectivity index (χ4v) is 7.11. The molecule has 0 aliphatic heterocycles. The summed E-state index contributed by atoms with van der Waals surface area (Å²) in [6.45, 7) is 6.50. The molecule has 0 aromatic carbocycles. The maximum atomic E-state index is 14.9. The van der Waals surface area contributed by atoms with E-state index >= 15 is 0 Å². The second-order valence-electron chi connectivity index (χ2n) is 10.2. The summed E-state index contributed by atoms with van der Waals surface area (Å²) in [7, 11) is -4.00. The van der Waals surface area contributed by atoms with Gasteiger partial charge in [0.1, 0.15) is 16.8 Å². The normalized spacial score (nSPS) is 31.2. The minimum Gasteiger partial charge on any atom is -0.276 e. The molecule has 35 heavy (non-hydrogen) atoms. The van der Waals surface area contributed by atoms with Crippen molar-refractivity contribution in [2.45, 2.75) is 115 Å². The molecule has 3 unspecified atom stereocenters. The third kappa shape index (κ3) is 8.02. The standard InChI is InChI=1S/C30H45O4P/c1-4-7-19-28(22-13-10-14-23-28)32-35(31,33-29(20-8-5-2)24-15-11-16-25-29)34-30(21-9-6-3)26-17-12-18-27-30/h10-18,22,24,26H,4-9,19-21,23,25,27H2,1-3H3. The predicted octanol–water partition coefficient (Wildman–Crippen LogP) is 9.48. The quantitative estimate of drug-likeness (QED) is 0.210. The van der Waals surface area contributed by atoms with Crippen LogP contribution in [0.1, 0.15) is 97.8 Å². The number of unbranched alkanes of at least 4 members (excludes halogenated alkanes) is 3. The van der Waals surface area contributed by atoms with Gasteiger partial charge in [-0.1, -0.05) is 132 Å². The topological polar surface area (TPSA) is 44.8 Å². The Hall–Kier alpha value is -1.45. The Morgan fingerprint density at radius 3 is 1.11 bits per heavy atom. The van der Waals surface area contributed by atoms with E-state index in [-0.39, 0.29) is 0 Å². The summed E-state index contributed by atoms with van der Waals surface area (Å²) in [6.07, 6.45) is 34.8. The van der Waals surface area contributed by atoms with Crippen molar-refractivity contribution in [2.24, 2.45) is 0 Å². The molecule has 3 aliphatic rings. The molecule has 0 saturated carbocycles. The van der Waals surface area contributed by atoms with Crippen LogP contribution in [0.3, 0.4) is 0 Å². The van der Waals surface area contributed by atoms with E-state index in [2.05, 4.69) is 39.0 Å². The molecule has 4 nitrogen and oxygen atoms in total. The highest BCUT2D eigenvalue weighted by Crippen LogP contribution is 2.62. The first-order valence-electron chi connectivity index (χ1n) is 13.7. The average Bonchev–Trinajstić information content (AvgIpc) is 2.86. The molecular weight excluding hydrogens is 455 g/mol. The minimum absolute atomic E-state index is 0.662. The first kappa shape index (κ1) is 28.1. The molecule has 0 radical (unpaired) electrons. The molecule has 0 N–H and O–H groups in total. The zero-order chi connectivity index (χ0) is 25.1. The molecule has 3 rings (SSSR count). The van der Waals surface area contributed by atoms with Crippen molar-refractivity contribution in [3.8, 4) is 0 Å². The maximum absolute atomic E-state index is 14.9. The minimum atomic E-state index is -4.00. The lowest BCUT2D eigenvalue weighted by atomic mass is 9.90. The maximum Gasteiger partial charge on any atom is 0.477 e. The first-order valence-corrected chi connectivity index (χ1v) is 15.1. The number of hydrogen-bond donors (Lipinski definition) is 0. The van der Waals surface area contributed by atoms with Gasteiger partial charge >= 0.3 is 7.82 Å². The monoisotopic (exact) mass is 500 g/mol. The van der Waals surface area contributed by atoms with E-state index in [4.69, 9.17) is 13.6 Å². The van der Waals surface area contributed by atoms with E-state index in [1.807, 2.05) is 54.7 Å². The number of phosphoric ester groups is 1. The van der Waals surface area contributed by atoms with Crippen molar-refractivity contribution in [2.75, 3.05) is 0 Å². The Labute approximate surface area is 213 Å². The SMILES string of the molecule is CCCCC1(OP(=O)(OC2(CCCC)C=CC=CC2)OC2(CCCC)C=CC=CC2)C=CC=CC1. The predicted molar refractivity (Wildman–Crippen MR) is 146 cm³/mol. The largest absolute Gasteiger partial charge is 0.477 e. The van der Waals surface area contributed by atoms with Crippen LogP contribution in [-0.4, -0.2) is 16.8 Å². The fourth-order valence-electron chi connectivity index (χ4n) is 4.98. The van der Waals surface area contributed by atoms with Crippen molar-refractivity contribution in [3.05, 3.63) is 72.9 Å². The van der Waals surface area contributed by atoms with Crippen molar-refractivity contribution >= 4 is 7.82 Å². The summed E-state index contributed by atoms with van der Waals surface area (Å²) in [5.74, 6) is 0. The number of rotatable bonds is 15. The van der Waals surface area contributed by atoms with Gasteiger partial charge in [0.25, 0.3) is 0 Å². The molecule has 0 spiro atoms. The molecule has 194 valence electrons. The van der Waals surface area contributed by atoms with Crippen LogP contribution < -0.4 is 0 Å². The molecule has 0 amide bonds. The van der Waals surface area contributed by atoms with Crippen molar-refractivity contribution in [1.82, 2.24) is 0 Å². The van der Waals surface area contributed by atoms with Gasteiger partial charge in [0.15, 0.2) is 0 Å². The zero-order valence-corrected chi connectivity index (χ0v) is 22.9. The number of phosphoric acid groups is 1. The lowest BCUT2D eigenvalue weighted by Gasteiger charge is -2.42. The molecule has 0 fully saturated rings. The van der Waals surface area contributed by atoms with Gasteiger partial charge in [-0.05, 0) is 38.5 Å². The fraction of sp³-hybridized carbons (Fsp3) is 0.600. The van der Waals surface area contributed by atoms with E-state index in [1.54, 1.807) is 0 Å². The highest BCUT2D eigenvalue weighted by molar-refractivity contribution is 7.48. The zero-order valence-electron chi connectivity index (χ0n) is 22.0.